The number of hydrogen-bond acceptors (Lipinski definition) is 7. The van der Waals surface area contributed by atoms with Crippen molar-refractivity contribution in [3.63, 3.8) is 0 Å². The third kappa shape index (κ3) is 6.16. The average Bonchev–Trinajstić information content (AvgIpc) is 3.32. The first kappa shape index (κ1) is 23.0. The number of carboxylic acids is 1. The van der Waals surface area contributed by atoms with Crippen molar-refractivity contribution in [2.75, 3.05) is 11.9 Å². The van der Waals surface area contributed by atoms with E-state index in [-0.39, 0.29) is 29.5 Å². The van der Waals surface area contributed by atoms with Crippen molar-refractivity contribution in [1.29, 1.82) is 0 Å². The Morgan fingerprint density at radius 3 is 2.71 bits per heavy atom. The number of thioether (sulfide) groups is 1. The van der Waals surface area contributed by atoms with Crippen LogP contribution in [-0.4, -0.2) is 43.8 Å². The quantitative estimate of drug-likeness (QED) is 0.211. The summed E-state index contributed by atoms with van der Waals surface area (Å²) < 4.78 is 0.548. The Labute approximate surface area is 192 Å². The van der Waals surface area contributed by atoms with Crippen molar-refractivity contribution in [1.82, 2.24) is 4.90 Å². The van der Waals surface area contributed by atoms with E-state index >= 15 is 0 Å². The van der Waals surface area contributed by atoms with Gasteiger partial charge < -0.3 is 15.5 Å². The third-order valence-electron chi connectivity index (χ3n) is 4.49. The Morgan fingerprint density at radius 2 is 2.00 bits per heavy atom. The second kappa shape index (κ2) is 10.6. The van der Waals surface area contributed by atoms with E-state index in [1.807, 2.05) is 23.6 Å². The van der Waals surface area contributed by atoms with Crippen molar-refractivity contribution in [2.45, 2.75) is 25.7 Å². The molecule has 7 nitrogen and oxygen atoms in total. The highest BCUT2D eigenvalue weighted by Gasteiger charge is 2.31. The summed E-state index contributed by atoms with van der Waals surface area (Å²) in [4.78, 5) is 38.9. The first-order chi connectivity index (χ1) is 14.8. The van der Waals surface area contributed by atoms with Crippen LogP contribution in [0.1, 0.15) is 40.9 Å². The van der Waals surface area contributed by atoms with E-state index in [0.29, 0.717) is 34.3 Å². The van der Waals surface area contributed by atoms with Crippen molar-refractivity contribution >= 4 is 69.2 Å². The van der Waals surface area contributed by atoms with E-state index < -0.39 is 5.97 Å². The molecule has 0 radical (unpaired) electrons. The SMILES string of the molecule is O=C(CCCCCN1C(=O)C(=Cc2cccs2)SC1=S)Nc1ccc(O)c(C(=O)O)c1. The minimum atomic E-state index is -1.27. The molecule has 2 amide bonds. The number of aromatic carboxylic acids is 1. The number of carboxylic acid groups (broad SMARTS) is 1. The lowest BCUT2D eigenvalue weighted by molar-refractivity contribution is -0.122. The van der Waals surface area contributed by atoms with Crippen LogP contribution in [0.3, 0.4) is 0 Å². The minimum Gasteiger partial charge on any atom is -0.507 e. The molecule has 1 aliphatic rings. The number of unbranched alkanes of at least 4 members (excludes halogenated alkanes) is 2. The number of rotatable bonds is 9. The van der Waals surface area contributed by atoms with Gasteiger partial charge in [0.05, 0.1) is 4.91 Å². The molecule has 0 bridgehead atoms. The Balaban J connectivity index is 1.41. The predicted molar refractivity (Wildman–Crippen MR) is 126 cm³/mol. The van der Waals surface area contributed by atoms with Gasteiger partial charge in [-0.2, -0.15) is 0 Å². The Bertz CT molecular complexity index is 1030. The van der Waals surface area contributed by atoms with Crippen molar-refractivity contribution in [2.24, 2.45) is 0 Å². The summed E-state index contributed by atoms with van der Waals surface area (Å²) in [6.45, 7) is 0.508. The minimum absolute atomic E-state index is 0.0808. The van der Waals surface area contributed by atoms with Crippen LogP contribution in [0.25, 0.3) is 6.08 Å². The number of nitrogens with one attached hydrogen (secondary N) is 1. The molecule has 0 unspecified atom stereocenters. The van der Waals surface area contributed by atoms with Gasteiger partial charge in [-0.1, -0.05) is 36.5 Å². The number of amides is 2. The lowest BCUT2D eigenvalue weighted by Crippen LogP contribution is -2.29. The monoisotopic (exact) mass is 476 g/mol. The molecule has 0 saturated carbocycles. The van der Waals surface area contributed by atoms with Crippen molar-refractivity contribution in [3.05, 3.63) is 51.1 Å². The van der Waals surface area contributed by atoms with Gasteiger partial charge in [0.25, 0.3) is 5.91 Å². The van der Waals surface area contributed by atoms with E-state index in [1.54, 1.807) is 16.2 Å². The summed E-state index contributed by atoms with van der Waals surface area (Å²) in [7, 11) is 0. The zero-order chi connectivity index (χ0) is 22.4. The highest BCUT2D eigenvalue weighted by molar-refractivity contribution is 8.26. The summed E-state index contributed by atoms with van der Waals surface area (Å²) >= 11 is 8.20. The fourth-order valence-corrected chi connectivity index (χ4v) is 4.97. The number of aromatic hydroxyl groups is 1. The van der Waals surface area contributed by atoms with E-state index in [4.69, 9.17) is 17.3 Å². The van der Waals surface area contributed by atoms with Gasteiger partial charge in [-0.25, -0.2) is 4.79 Å². The van der Waals surface area contributed by atoms with Crippen LogP contribution in [0.5, 0.6) is 5.75 Å². The van der Waals surface area contributed by atoms with Crippen LogP contribution >= 0.6 is 35.3 Å². The van der Waals surface area contributed by atoms with Crippen molar-refractivity contribution in [3.8, 4) is 5.75 Å². The summed E-state index contributed by atoms with van der Waals surface area (Å²) in [5, 5.41) is 23.1. The zero-order valence-electron chi connectivity index (χ0n) is 16.4. The van der Waals surface area contributed by atoms with Crippen LogP contribution < -0.4 is 5.32 Å². The molecule has 10 heteroatoms. The number of anilines is 1. The second-order valence-electron chi connectivity index (χ2n) is 6.74. The summed E-state index contributed by atoms with van der Waals surface area (Å²) in [6.07, 6.45) is 4.20. The second-order valence-corrected chi connectivity index (χ2v) is 9.40. The normalized spacial score (nSPS) is 15.0. The van der Waals surface area contributed by atoms with Crippen molar-refractivity contribution < 1.29 is 24.6 Å². The van der Waals surface area contributed by atoms with Crippen LogP contribution in [-0.2, 0) is 9.59 Å². The van der Waals surface area contributed by atoms with Crippen LogP contribution in [0.4, 0.5) is 5.69 Å². The van der Waals surface area contributed by atoms with Gasteiger partial charge in [0.1, 0.15) is 15.6 Å². The Kier molecular flexibility index (Phi) is 7.83. The highest BCUT2D eigenvalue weighted by atomic mass is 32.2. The maximum absolute atomic E-state index is 12.5. The largest absolute Gasteiger partial charge is 0.507 e. The maximum Gasteiger partial charge on any atom is 0.339 e. The number of benzene rings is 1. The molecule has 0 aliphatic carbocycles. The van der Waals surface area contributed by atoms with E-state index in [0.717, 1.165) is 11.3 Å². The summed E-state index contributed by atoms with van der Waals surface area (Å²) in [6, 6.07) is 7.77. The molecular formula is C21H20N2O5S3. The smallest absolute Gasteiger partial charge is 0.339 e. The molecule has 1 aromatic heterocycles. The average molecular weight is 477 g/mol. The molecule has 31 heavy (non-hydrogen) atoms. The fraction of sp³-hybridized carbons (Fsp3) is 0.238. The molecule has 1 aliphatic heterocycles. The standard InChI is InChI=1S/C21H20N2O5S3/c24-16-8-7-13(11-15(16)20(27)28)22-18(25)6-2-1-3-9-23-19(26)17(31-21(23)29)12-14-5-4-10-30-14/h4-5,7-8,10-12,24H,1-3,6,9H2,(H,22,25)(H,27,28). The zero-order valence-corrected chi connectivity index (χ0v) is 18.8. The van der Waals surface area contributed by atoms with Gasteiger partial charge >= 0.3 is 5.97 Å². The Morgan fingerprint density at radius 1 is 1.19 bits per heavy atom. The molecule has 3 rings (SSSR count). The third-order valence-corrected chi connectivity index (χ3v) is 6.68. The van der Waals surface area contributed by atoms with Gasteiger partial charge in [-0.3, -0.25) is 14.5 Å². The topological polar surface area (TPSA) is 107 Å². The maximum atomic E-state index is 12.5. The fourth-order valence-electron chi connectivity index (χ4n) is 2.94. The molecule has 1 fully saturated rings. The number of thiophene rings is 1. The van der Waals surface area contributed by atoms with E-state index in [1.165, 1.54) is 30.0 Å². The van der Waals surface area contributed by atoms with Gasteiger partial charge in [0.2, 0.25) is 5.91 Å². The molecule has 1 saturated heterocycles. The number of thiocarbonyl (C=S) groups is 1. The number of hydrogen-bond donors (Lipinski definition) is 3. The summed E-state index contributed by atoms with van der Waals surface area (Å²) in [5.41, 5.74) is 0.0460. The lowest BCUT2D eigenvalue weighted by Gasteiger charge is -2.14. The first-order valence-electron chi connectivity index (χ1n) is 9.50. The molecule has 1 aromatic carbocycles. The van der Waals surface area contributed by atoms with E-state index in [2.05, 4.69) is 5.32 Å². The first-order valence-corrected chi connectivity index (χ1v) is 11.6. The molecule has 2 heterocycles. The molecule has 0 atom stereocenters. The van der Waals surface area contributed by atoms with Crippen LogP contribution in [0.15, 0.2) is 40.6 Å². The molecule has 162 valence electrons. The molecule has 2 aromatic rings. The van der Waals surface area contributed by atoms with Crippen LogP contribution in [0, 0.1) is 0 Å². The molecule has 0 spiro atoms. The van der Waals surface area contributed by atoms with E-state index in [9.17, 15) is 19.5 Å². The summed E-state index contributed by atoms with van der Waals surface area (Å²) in [5.74, 6) is -1.95. The van der Waals surface area contributed by atoms with Gasteiger partial charge in [0, 0.05) is 23.5 Å². The van der Waals surface area contributed by atoms with Gasteiger partial charge in [-0.05, 0) is 48.6 Å². The number of phenols is 1. The molecule has 3 N–H and O–H groups in total. The number of carbonyl (C=O) groups excluding carboxylic acids is 2. The molecular weight excluding hydrogens is 456 g/mol. The van der Waals surface area contributed by atoms with Crippen LogP contribution in [0.2, 0.25) is 0 Å². The van der Waals surface area contributed by atoms with Gasteiger partial charge in [0.15, 0.2) is 0 Å². The highest BCUT2D eigenvalue weighted by Crippen LogP contribution is 2.33. The van der Waals surface area contributed by atoms with Gasteiger partial charge in [-0.15, -0.1) is 11.3 Å². The Hall–Kier alpha value is -2.69. The lowest BCUT2D eigenvalue weighted by atomic mass is 10.1. The number of nitrogens with zero attached hydrogens (tertiary/aromatic N) is 1. The predicted octanol–water partition coefficient (Wildman–Crippen LogP) is 4.55. The number of carbonyl (C=O) groups is 3.